The maximum atomic E-state index is 12.2. The van der Waals surface area contributed by atoms with Crippen LogP contribution in [0.4, 0.5) is 10.5 Å². The van der Waals surface area contributed by atoms with E-state index in [-0.39, 0.29) is 18.9 Å². The summed E-state index contributed by atoms with van der Waals surface area (Å²) in [5, 5.41) is 0.642. The summed E-state index contributed by atoms with van der Waals surface area (Å²) in [6, 6.07) is 14.3. The Morgan fingerprint density at radius 2 is 1.93 bits per heavy atom. The van der Waals surface area contributed by atoms with Crippen LogP contribution >= 0.6 is 11.6 Å². The van der Waals surface area contributed by atoms with Crippen LogP contribution in [0.1, 0.15) is 12.0 Å². The second-order valence-corrected chi connectivity index (χ2v) is 6.49. The molecule has 1 aliphatic heterocycles. The van der Waals surface area contributed by atoms with Gasteiger partial charge in [-0.05, 0) is 42.0 Å². The van der Waals surface area contributed by atoms with Crippen LogP contribution in [0, 0.1) is 5.92 Å². The molecular weight excluding hydrogens is 372 g/mol. The number of halogens is 1. The van der Waals surface area contributed by atoms with Crippen molar-refractivity contribution < 1.29 is 23.9 Å². The maximum absolute atomic E-state index is 12.2. The average molecular weight is 389 g/mol. The van der Waals surface area contributed by atoms with Crippen LogP contribution in [0.25, 0.3) is 0 Å². The zero-order chi connectivity index (χ0) is 19.4. The van der Waals surface area contributed by atoms with Crippen molar-refractivity contribution in [2.24, 2.45) is 11.7 Å². The lowest BCUT2D eigenvalue weighted by atomic mass is 10.1. The first-order chi connectivity index (χ1) is 12.9. The molecular formula is C19H17ClN2O5. The van der Waals surface area contributed by atoms with Crippen LogP contribution in [0.5, 0.6) is 5.75 Å². The summed E-state index contributed by atoms with van der Waals surface area (Å²) >= 11 is 5.94. The third-order valence-electron chi connectivity index (χ3n) is 4.10. The smallest absolute Gasteiger partial charge is 0.412 e. The second-order valence-electron chi connectivity index (χ2n) is 6.06. The standard InChI is InChI=1S/C19H17ClN2O5/c20-14-3-1-2-12(8-14)11-26-16-6-4-15(5-7-16)22-10-13(9-17(22)23)18(24)27-19(21)25/h1-8,13H,9-11H2,(H2,21,25). The van der Waals surface area contributed by atoms with Crippen molar-refractivity contribution in [1.29, 1.82) is 0 Å². The molecule has 1 aliphatic rings. The van der Waals surface area contributed by atoms with Gasteiger partial charge in [0, 0.05) is 23.7 Å². The molecule has 3 rings (SSSR count). The van der Waals surface area contributed by atoms with Crippen molar-refractivity contribution in [2.75, 3.05) is 11.4 Å². The van der Waals surface area contributed by atoms with Gasteiger partial charge in [-0.2, -0.15) is 0 Å². The number of hydrogen-bond acceptors (Lipinski definition) is 5. The SMILES string of the molecule is NC(=O)OC(=O)C1CC(=O)N(c2ccc(OCc3cccc(Cl)c3)cc2)C1. The number of nitrogens with two attached hydrogens (primary N) is 1. The van der Waals surface area contributed by atoms with Gasteiger partial charge in [-0.3, -0.25) is 9.59 Å². The monoisotopic (exact) mass is 388 g/mol. The zero-order valence-corrected chi connectivity index (χ0v) is 15.0. The molecule has 0 aromatic heterocycles. The van der Waals surface area contributed by atoms with E-state index in [1.807, 2.05) is 18.2 Å². The molecule has 0 radical (unpaired) electrons. The molecule has 1 heterocycles. The van der Waals surface area contributed by atoms with Gasteiger partial charge in [-0.15, -0.1) is 0 Å². The van der Waals surface area contributed by atoms with E-state index in [4.69, 9.17) is 22.1 Å². The van der Waals surface area contributed by atoms with Gasteiger partial charge < -0.3 is 20.1 Å². The number of carbonyl (C=O) groups is 3. The maximum Gasteiger partial charge on any atom is 0.412 e. The molecule has 0 saturated carbocycles. The Hall–Kier alpha value is -3.06. The minimum absolute atomic E-state index is 0.0286. The highest BCUT2D eigenvalue weighted by Gasteiger charge is 2.36. The summed E-state index contributed by atoms with van der Waals surface area (Å²) in [6.45, 7) is 0.497. The molecule has 140 valence electrons. The summed E-state index contributed by atoms with van der Waals surface area (Å²) in [5.41, 5.74) is 6.41. The molecule has 7 nitrogen and oxygen atoms in total. The number of ether oxygens (including phenoxy) is 2. The van der Waals surface area contributed by atoms with Crippen molar-refractivity contribution >= 4 is 35.3 Å². The molecule has 2 amide bonds. The summed E-state index contributed by atoms with van der Waals surface area (Å²) < 4.78 is 10.1. The number of hydrogen-bond donors (Lipinski definition) is 1. The molecule has 0 spiro atoms. The Balaban J connectivity index is 1.60. The number of primary amides is 1. The predicted octanol–water partition coefficient (Wildman–Crippen LogP) is 2.89. The molecule has 2 aromatic rings. The number of nitrogens with zero attached hydrogens (tertiary/aromatic N) is 1. The van der Waals surface area contributed by atoms with Crippen molar-refractivity contribution in [2.45, 2.75) is 13.0 Å². The van der Waals surface area contributed by atoms with Gasteiger partial charge in [0.1, 0.15) is 12.4 Å². The summed E-state index contributed by atoms with van der Waals surface area (Å²) in [5.74, 6) is -1.10. The van der Waals surface area contributed by atoms with Gasteiger partial charge in [0.2, 0.25) is 5.91 Å². The van der Waals surface area contributed by atoms with Gasteiger partial charge in [0.25, 0.3) is 0 Å². The van der Waals surface area contributed by atoms with Gasteiger partial charge in [0.05, 0.1) is 5.92 Å². The topological polar surface area (TPSA) is 98.9 Å². The van der Waals surface area contributed by atoms with Crippen molar-refractivity contribution in [3.8, 4) is 5.75 Å². The first kappa shape index (κ1) is 18.7. The quantitative estimate of drug-likeness (QED) is 0.627. The third-order valence-corrected chi connectivity index (χ3v) is 4.34. The number of carbonyl (C=O) groups excluding carboxylic acids is 3. The number of rotatable bonds is 5. The van der Waals surface area contributed by atoms with Gasteiger partial charge in [0.15, 0.2) is 0 Å². The van der Waals surface area contributed by atoms with E-state index in [0.29, 0.717) is 23.1 Å². The number of esters is 1. The summed E-state index contributed by atoms with van der Waals surface area (Å²) in [7, 11) is 0. The lowest BCUT2D eigenvalue weighted by Gasteiger charge is -2.17. The van der Waals surface area contributed by atoms with Crippen molar-refractivity contribution in [1.82, 2.24) is 0 Å². The molecule has 1 saturated heterocycles. The first-order valence-corrected chi connectivity index (χ1v) is 8.59. The van der Waals surface area contributed by atoms with E-state index in [9.17, 15) is 14.4 Å². The normalized spacial score (nSPS) is 16.3. The fourth-order valence-electron chi connectivity index (χ4n) is 2.81. The van der Waals surface area contributed by atoms with Crippen LogP contribution in [-0.4, -0.2) is 24.5 Å². The van der Waals surface area contributed by atoms with E-state index in [0.717, 1.165) is 5.56 Å². The Kier molecular flexibility index (Phi) is 5.61. The Morgan fingerprint density at radius 1 is 1.19 bits per heavy atom. The molecule has 1 atom stereocenters. The van der Waals surface area contributed by atoms with Crippen LogP contribution in [0.3, 0.4) is 0 Å². The highest BCUT2D eigenvalue weighted by molar-refractivity contribution is 6.30. The van der Waals surface area contributed by atoms with E-state index in [2.05, 4.69) is 4.74 Å². The Morgan fingerprint density at radius 3 is 2.59 bits per heavy atom. The van der Waals surface area contributed by atoms with Crippen molar-refractivity contribution in [3.63, 3.8) is 0 Å². The lowest BCUT2D eigenvalue weighted by Crippen LogP contribution is -2.28. The van der Waals surface area contributed by atoms with E-state index in [1.165, 1.54) is 4.90 Å². The largest absolute Gasteiger partial charge is 0.489 e. The molecule has 1 unspecified atom stereocenters. The molecule has 8 heteroatoms. The van der Waals surface area contributed by atoms with Crippen molar-refractivity contribution in [3.05, 3.63) is 59.1 Å². The fourth-order valence-corrected chi connectivity index (χ4v) is 3.03. The van der Waals surface area contributed by atoms with E-state index in [1.54, 1.807) is 30.3 Å². The minimum atomic E-state index is -1.17. The lowest BCUT2D eigenvalue weighted by molar-refractivity contribution is -0.141. The Bertz CT molecular complexity index is 869. The number of anilines is 1. The highest BCUT2D eigenvalue weighted by Crippen LogP contribution is 2.27. The molecule has 0 bridgehead atoms. The second kappa shape index (κ2) is 8.09. The van der Waals surface area contributed by atoms with Crippen LogP contribution in [-0.2, 0) is 20.9 Å². The van der Waals surface area contributed by atoms with Crippen LogP contribution in [0.15, 0.2) is 48.5 Å². The first-order valence-electron chi connectivity index (χ1n) is 8.21. The molecule has 0 aliphatic carbocycles. The summed E-state index contributed by atoms with van der Waals surface area (Å²) in [4.78, 5) is 36.1. The van der Waals surface area contributed by atoms with Gasteiger partial charge >= 0.3 is 12.1 Å². The van der Waals surface area contributed by atoms with Crippen LogP contribution < -0.4 is 15.4 Å². The minimum Gasteiger partial charge on any atom is -0.489 e. The molecule has 2 N–H and O–H groups in total. The number of benzene rings is 2. The Labute approximate surface area is 160 Å². The van der Waals surface area contributed by atoms with E-state index < -0.39 is 18.0 Å². The zero-order valence-electron chi connectivity index (χ0n) is 14.3. The molecule has 2 aromatic carbocycles. The predicted molar refractivity (Wildman–Crippen MR) is 98.4 cm³/mol. The van der Waals surface area contributed by atoms with E-state index >= 15 is 0 Å². The highest BCUT2D eigenvalue weighted by atomic mass is 35.5. The number of amides is 2. The van der Waals surface area contributed by atoms with Crippen LogP contribution in [0.2, 0.25) is 5.02 Å². The molecule has 1 fully saturated rings. The summed E-state index contributed by atoms with van der Waals surface area (Å²) in [6.07, 6.45) is -1.20. The average Bonchev–Trinajstić information content (AvgIpc) is 3.02. The molecule has 27 heavy (non-hydrogen) atoms. The third kappa shape index (κ3) is 4.77. The van der Waals surface area contributed by atoms with Gasteiger partial charge in [-0.1, -0.05) is 23.7 Å². The van der Waals surface area contributed by atoms with Gasteiger partial charge in [-0.25, -0.2) is 4.79 Å². The fraction of sp³-hybridized carbons (Fsp3) is 0.211.